The van der Waals surface area contributed by atoms with Crippen LogP contribution in [0.4, 0.5) is 4.79 Å². The standard InChI is InChI=1S/C13H25N3O4/c1-6-13(5,10(18)19)8-15-11(20)14-7-9(17)16-12(2,3)4/h6-8H2,1-5H3,(H,16,17)(H,18,19)(H2,14,15,20). The van der Waals surface area contributed by atoms with Crippen LogP contribution in [0.3, 0.4) is 0 Å². The van der Waals surface area contributed by atoms with E-state index in [9.17, 15) is 14.4 Å². The van der Waals surface area contributed by atoms with Gasteiger partial charge < -0.3 is 21.1 Å². The number of nitrogens with one attached hydrogen (secondary N) is 3. The molecule has 0 aromatic heterocycles. The van der Waals surface area contributed by atoms with Crippen LogP contribution in [0.5, 0.6) is 0 Å². The highest BCUT2D eigenvalue weighted by Crippen LogP contribution is 2.19. The second-order valence-corrected chi connectivity index (χ2v) is 6.05. The molecule has 116 valence electrons. The predicted octanol–water partition coefficient (Wildman–Crippen LogP) is 0.701. The molecule has 3 amide bonds. The molecule has 0 aliphatic heterocycles. The summed E-state index contributed by atoms with van der Waals surface area (Å²) in [5, 5.41) is 16.6. The van der Waals surface area contributed by atoms with Crippen LogP contribution in [-0.4, -0.2) is 41.6 Å². The molecule has 1 unspecified atom stereocenters. The summed E-state index contributed by atoms with van der Waals surface area (Å²) in [7, 11) is 0. The van der Waals surface area contributed by atoms with E-state index in [-0.39, 0.29) is 24.5 Å². The van der Waals surface area contributed by atoms with Crippen molar-refractivity contribution < 1.29 is 19.5 Å². The summed E-state index contributed by atoms with van der Waals surface area (Å²) in [5.41, 5.74) is -1.37. The summed E-state index contributed by atoms with van der Waals surface area (Å²) in [5.74, 6) is -1.27. The maximum Gasteiger partial charge on any atom is 0.315 e. The maximum atomic E-state index is 11.5. The lowest BCUT2D eigenvalue weighted by Crippen LogP contribution is -2.49. The van der Waals surface area contributed by atoms with E-state index in [0.717, 1.165) is 0 Å². The Morgan fingerprint density at radius 2 is 1.60 bits per heavy atom. The predicted molar refractivity (Wildman–Crippen MR) is 75.3 cm³/mol. The zero-order valence-corrected chi connectivity index (χ0v) is 12.8. The molecule has 0 rings (SSSR count). The minimum atomic E-state index is -1.01. The molecule has 0 radical (unpaired) electrons. The first kappa shape index (κ1) is 18.2. The molecule has 0 aromatic rings. The monoisotopic (exact) mass is 287 g/mol. The van der Waals surface area contributed by atoms with Gasteiger partial charge in [0.2, 0.25) is 5.91 Å². The summed E-state index contributed by atoms with van der Waals surface area (Å²) in [6.45, 7) is 8.66. The first-order valence-corrected chi connectivity index (χ1v) is 6.56. The first-order chi connectivity index (χ1) is 9.00. The number of carbonyl (C=O) groups excluding carboxylic acids is 2. The number of carbonyl (C=O) groups is 3. The van der Waals surface area contributed by atoms with Crippen molar-refractivity contribution in [1.29, 1.82) is 0 Å². The topological polar surface area (TPSA) is 108 Å². The molecule has 0 aromatic carbocycles. The molecule has 0 fully saturated rings. The molecular weight excluding hydrogens is 262 g/mol. The largest absolute Gasteiger partial charge is 0.481 e. The second kappa shape index (κ2) is 7.12. The zero-order chi connectivity index (χ0) is 16.0. The van der Waals surface area contributed by atoms with Crippen LogP contribution in [0.15, 0.2) is 0 Å². The summed E-state index contributed by atoms with van der Waals surface area (Å²) < 4.78 is 0. The SMILES string of the molecule is CCC(C)(CNC(=O)NCC(=O)NC(C)(C)C)C(=O)O. The fourth-order valence-corrected chi connectivity index (χ4v) is 1.31. The van der Waals surface area contributed by atoms with E-state index in [1.165, 1.54) is 0 Å². The number of amides is 3. The van der Waals surface area contributed by atoms with Gasteiger partial charge in [0, 0.05) is 12.1 Å². The van der Waals surface area contributed by atoms with Crippen molar-refractivity contribution in [2.45, 2.75) is 46.6 Å². The number of carboxylic acid groups (broad SMARTS) is 1. The third kappa shape index (κ3) is 6.96. The van der Waals surface area contributed by atoms with Crippen LogP contribution in [0.1, 0.15) is 41.0 Å². The van der Waals surface area contributed by atoms with E-state index in [4.69, 9.17) is 5.11 Å². The van der Waals surface area contributed by atoms with Gasteiger partial charge in [-0.15, -0.1) is 0 Å². The average molecular weight is 287 g/mol. The highest BCUT2D eigenvalue weighted by atomic mass is 16.4. The van der Waals surface area contributed by atoms with Gasteiger partial charge in [0.25, 0.3) is 0 Å². The van der Waals surface area contributed by atoms with Crippen LogP contribution in [0.25, 0.3) is 0 Å². The van der Waals surface area contributed by atoms with Gasteiger partial charge in [-0.25, -0.2) is 4.79 Å². The molecule has 1 atom stereocenters. The van der Waals surface area contributed by atoms with Gasteiger partial charge in [-0.3, -0.25) is 9.59 Å². The van der Waals surface area contributed by atoms with Gasteiger partial charge in [-0.1, -0.05) is 6.92 Å². The fraction of sp³-hybridized carbons (Fsp3) is 0.769. The van der Waals surface area contributed by atoms with E-state index in [1.807, 2.05) is 20.8 Å². The van der Waals surface area contributed by atoms with Crippen molar-refractivity contribution in [2.24, 2.45) is 5.41 Å². The van der Waals surface area contributed by atoms with Crippen LogP contribution < -0.4 is 16.0 Å². The number of aliphatic carboxylic acids is 1. The molecule has 0 saturated carbocycles. The number of hydrogen-bond donors (Lipinski definition) is 4. The molecule has 7 nitrogen and oxygen atoms in total. The second-order valence-electron chi connectivity index (χ2n) is 6.05. The lowest BCUT2D eigenvalue weighted by Gasteiger charge is -2.23. The van der Waals surface area contributed by atoms with E-state index in [0.29, 0.717) is 6.42 Å². The molecule has 4 N–H and O–H groups in total. The molecule has 0 saturated heterocycles. The number of rotatable bonds is 6. The Labute approximate surface area is 119 Å². The van der Waals surface area contributed by atoms with Crippen molar-refractivity contribution in [3.05, 3.63) is 0 Å². The lowest BCUT2D eigenvalue weighted by atomic mass is 9.88. The fourth-order valence-electron chi connectivity index (χ4n) is 1.31. The molecule has 7 heteroatoms. The number of carboxylic acids is 1. The van der Waals surface area contributed by atoms with Crippen LogP contribution in [-0.2, 0) is 9.59 Å². The van der Waals surface area contributed by atoms with Gasteiger partial charge in [-0.2, -0.15) is 0 Å². The van der Waals surface area contributed by atoms with E-state index < -0.39 is 17.4 Å². The smallest absolute Gasteiger partial charge is 0.315 e. The Hall–Kier alpha value is -1.79. The van der Waals surface area contributed by atoms with Crippen molar-refractivity contribution in [3.63, 3.8) is 0 Å². The van der Waals surface area contributed by atoms with Gasteiger partial charge in [0.1, 0.15) is 0 Å². The summed E-state index contributed by atoms with van der Waals surface area (Å²) >= 11 is 0. The minimum absolute atomic E-state index is 0.00551. The normalized spacial score (nSPS) is 14.1. The average Bonchev–Trinajstić information content (AvgIpc) is 2.31. The zero-order valence-electron chi connectivity index (χ0n) is 12.8. The Kier molecular flexibility index (Phi) is 6.48. The molecule has 0 heterocycles. The van der Waals surface area contributed by atoms with Crippen molar-refractivity contribution in [2.75, 3.05) is 13.1 Å². The highest BCUT2D eigenvalue weighted by Gasteiger charge is 2.31. The van der Waals surface area contributed by atoms with Crippen molar-refractivity contribution in [3.8, 4) is 0 Å². The molecule has 0 aliphatic carbocycles. The summed E-state index contributed by atoms with van der Waals surface area (Å²) in [6.07, 6.45) is 0.396. The van der Waals surface area contributed by atoms with E-state index >= 15 is 0 Å². The third-order valence-corrected chi connectivity index (χ3v) is 2.86. The Morgan fingerprint density at radius 1 is 1.05 bits per heavy atom. The van der Waals surface area contributed by atoms with Gasteiger partial charge in [0.05, 0.1) is 12.0 Å². The summed E-state index contributed by atoms with van der Waals surface area (Å²) in [4.78, 5) is 34.0. The van der Waals surface area contributed by atoms with Gasteiger partial charge in [0.15, 0.2) is 0 Å². The lowest BCUT2D eigenvalue weighted by molar-refractivity contribution is -0.147. The molecule has 0 spiro atoms. The van der Waals surface area contributed by atoms with Crippen molar-refractivity contribution >= 4 is 17.9 Å². The molecule has 0 bridgehead atoms. The van der Waals surface area contributed by atoms with Gasteiger partial charge >= 0.3 is 12.0 Å². The Balaban J connectivity index is 4.13. The van der Waals surface area contributed by atoms with Crippen molar-refractivity contribution in [1.82, 2.24) is 16.0 Å². The molecule has 20 heavy (non-hydrogen) atoms. The number of urea groups is 1. The molecule has 0 aliphatic rings. The Bertz CT molecular complexity index is 376. The minimum Gasteiger partial charge on any atom is -0.481 e. The summed E-state index contributed by atoms with van der Waals surface area (Å²) in [6, 6.07) is -0.560. The third-order valence-electron chi connectivity index (χ3n) is 2.86. The van der Waals surface area contributed by atoms with E-state index in [1.54, 1.807) is 13.8 Å². The number of hydrogen-bond acceptors (Lipinski definition) is 3. The molecular formula is C13H25N3O4. The van der Waals surface area contributed by atoms with Gasteiger partial charge in [-0.05, 0) is 34.1 Å². The van der Waals surface area contributed by atoms with Crippen LogP contribution in [0.2, 0.25) is 0 Å². The Morgan fingerprint density at radius 3 is 2.00 bits per heavy atom. The highest BCUT2D eigenvalue weighted by molar-refractivity contribution is 5.84. The van der Waals surface area contributed by atoms with Crippen LogP contribution >= 0.6 is 0 Å². The van der Waals surface area contributed by atoms with E-state index in [2.05, 4.69) is 16.0 Å². The van der Waals surface area contributed by atoms with Crippen LogP contribution in [0, 0.1) is 5.41 Å². The quantitative estimate of drug-likeness (QED) is 0.576. The first-order valence-electron chi connectivity index (χ1n) is 6.56. The maximum absolute atomic E-state index is 11.5.